The molecule has 1 heterocycles. The maximum absolute atomic E-state index is 11.4. The second kappa shape index (κ2) is 14.7. The first-order valence-electron chi connectivity index (χ1n) is 9.31. The van der Waals surface area contributed by atoms with Gasteiger partial charge >= 0.3 is 0 Å². The number of rotatable bonds is 5. The second-order valence-corrected chi connectivity index (χ2v) is 9.35. The number of hydrogen-bond donors (Lipinski definition) is 2. The topological polar surface area (TPSA) is 72.9 Å². The Balaban J connectivity index is 0.000000303. The zero-order valence-electron chi connectivity index (χ0n) is 17.7. The van der Waals surface area contributed by atoms with E-state index in [0.717, 1.165) is 48.3 Å². The van der Waals surface area contributed by atoms with Crippen LogP contribution in [0, 0.1) is 0 Å². The van der Waals surface area contributed by atoms with Gasteiger partial charge < -0.3 is 20.2 Å². The average molecular weight is 549 g/mol. The molecule has 2 aromatic rings. The van der Waals surface area contributed by atoms with Gasteiger partial charge in [0.25, 0.3) is 0 Å². The predicted octanol–water partition coefficient (Wildman–Crippen LogP) is 4.07. The highest BCUT2D eigenvalue weighted by molar-refractivity contribution is 9.10. The number of carbonyl (C=O) groups excluding carboxylic acids is 1. The lowest BCUT2D eigenvalue weighted by Crippen LogP contribution is -2.44. The minimum atomic E-state index is -0.915. The summed E-state index contributed by atoms with van der Waals surface area (Å²) in [5, 5.41) is 10.2. The summed E-state index contributed by atoms with van der Waals surface area (Å²) in [4.78, 5) is 15.9. The van der Waals surface area contributed by atoms with Crippen LogP contribution in [0.4, 0.5) is 11.4 Å². The van der Waals surface area contributed by atoms with E-state index in [4.69, 9.17) is 16.7 Å². The summed E-state index contributed by atoms with van der Waals surface area (Å²) >= 11 is 13.9. The van der Waals surface area contributed by atoms with Crippen molar-refractivity contribution in [1.82, 2.24) is 4.90 Å². The molecule has 0 aliphatic carbocycles. The quantitative estimate of drug-likeness (QED) is 0.431. The van der Waals surface area contributed by atoms with Crippen LogP contribution in [0.3, 0.4) is 0 Å². The van der Waals surface area contributed by atoms with Gasteiger partial charge in [-0.25, -0.2) is 0 Å². The number of anilines is 2. The Labute approximate surface area is 205 Å². The van der Waals surface area contributed by atoms with Crippen LogP contribution in [0.5, 0.6) is 0 Å². The van der Waals surface area contributed by atoms with Gasteiger partial charge in [-0.1, -0.05) is 23.8 Å². The maximum atomic E-state index is 11.4. The highest BCUT2D eigenvalue weighted by atomic mass is 79.9. The molecule has 0 saturated carbocycles. The summed E-state index contributed by atoms with van der Waals surface area (Å²) < 4.78 is 12.4. The number of piperazine rings is 1. The monoisotopic (exact) mass is 547 g/mol. The van der Waals surface area contributed by atoms with Gasteiger partial charge in [-0.2, -0.15) is 0 Å². The van der Waals surface area contributed by atoms with E-state index in [9.17, 15) is 9.00 Å². The number of carbonyl (C=O) groups is 1. The predicted molar refractivity (Wildman–Crippen MR) is 138 cm³/mol. The molecule has 3 rings (SSSR count). The molecule has 1 fully saturated rings. The number of aliphatic hydroxyl groups excluding tert-OH is 1. The minimum Gasteiger partial charge on any atom is -0.400 e. The first-order chi connectivity index (χ1) is 14.8. The molecule has 2 aromatic carbocycles. The molecule has 1 atom stereocenters. The molecule has 6 nitrogen and oxygen atoms in total. The van der Waals surface area contributed by atoms with Crippen LogP contribution >= 0.6 is 39.7 Å². The van der Waals surface area contributed by atoms with Crippen molar-refractivity contribution in [1.29, 1.82) is 0 Å². The third-order valence-corrected chi connectivity index (χ3v) is 6.45. The van der Waals surface area contributed by atoms with Crippen LogP contribution in [0.25, 0.3) is 0 Å². The van der Waals surface area contributed by atoms with Crippen LogP contribution < -0.4 is 10.2 Å². The normalized spacial score (nSPS) is 14.3. The molecule has 10 heteroatoms. The summed E-state index contributed by atoms with van der Waals surface area (Å²) in [5.74, 6) is 0. The number of halogens is 2. The molecule has 0 bridgehead atoms. The highest BCUT2D eigenvalue weighted by Gasteiger charge is 2.16. The number of nitrogens with zero attached hydrogens (tertiary/aromatic N) is 2. The lowest BCUT2D eigenvalue weighted by molar-refractivity contribution is 0.112. The Morgan fingerprint density at radius 1 is 1.16 bits per heavy atom. The third kappa shape index (κ3) is 8.96. The zero-order chi connectivity index (χ0) is 23.4. The Morgan fingerprint density at radius 2 is 1.81 bits per heavy atom. The van der Waals surface area contributed by atoms with Crippen molar-refractivity contribution in [3.63, 3.8) is 0 Å². The fraction of sp³-hybridized carbons (Fsp3) is 0.333. The molecule has 2 N–H and O–H groups in total. The Hall–Kier alpha value is -1.36. The van der Waals surface area contributed by atoms with E-state index >= 15 is 0 Å². The van der Waals surface area contributed by atoms with Crippen LogP contribution in [-0.2, 0) is 10.8 Å². The van der Waals surface area contributed by atoms with Gasteiger partial charge in [0.05, 0.1) is 16.2 Å². The van der Waals surface area contributed by atoms with Gasteiger partial charge in [-0.3, -0.25) is 9.00 Å². The van der Waals surface area contributed by atoms with E-state index in [-0.39, 0.29) is 0 Å². The van der Waals surface area contributed by atoms with Gasteiger partial charge in [0.1, 0.15) is 0 Å². The number of benzene rings is 2. The van der Waals surface area contributed by atoms with E-state index in [2.05, 4.69) is 56.4 Å². The van der Waals surface area contributed by atoms with Crippen molar-refractivity contribution in [3.05, 3.63) is 51.5 Å². The largest absolute Gasteiger partial charge is 0.400 e. The van der Waals surface area contributed by atoms with Crippen LogP contribution in [-0.4, -0.2) is 72.6 Å². The molecule has 1 aliphatic rings. The zero-order valence-corrected chi connectivity index (χ0v) is 21.7. The first-order valence-corrected chi connectivity index (χ1v) is 12.5. The molecule has 170 valence electrons. The number of aliphatic hydroxyl groups is 1. The summed E-state index contributed by atoms with van der Waals surface area (Å²) in [6, 6.07) is 11.0. The fourth-order valence-electron chi connectivity index (χ4n) is 2.75. The van der Waals surface area contributed by atoms with Gasteiger partial charge in [-0.05, 0) is 59.4 Å². The molecule has 0 aromatic heterocycles. The molecule has 0 radical (unpaired) electrons. The van der Waals surface area contributed by atoms with Gasteiger partial charge in [-0.15, -0.1) is 0 Å². The summed E-state index contributed by atoms with van der Waals surface area (Å²) in [6.07, 6.45) is 2.42. The van der Waals surface area contributed by atoms with Crippen molar-refractivity contribution in [2.24, 2.45) is 0 Å². The Morgan fingerprint density at radius 3 is 2.29 bits per heavy atom. The van der Waals surface area contributed by atoms with Gasteiger partial charge in [0.15, 0.2) is 6.29 Å². The molecule has 1 saturated heterocycles. The Bertz CT molecular complexity index is 894. The van der Waals surface area contributed by atoms with Crippen LogP contribution in [0.1, 0.15) is 10.4 Å². The minimum absolute atomic E-state index is 0.423. The van der Waals surface area contributed by atoms with E-state index in [1.54, 1.807) is 24.5 Å². The molecule has 0 spiro atoms. The smallest absolute Gasteiger partial charge is 0.151 e. The summed E-state index contributed by atoms with van der Waals surface area (Å²) in [6.45, 7) is 4.27. The number of nitrogens with one attached hydrogen (secondary N) is 1. The molecule has 1 unspecified atom stereocenters. The number of likely N-dealkylation sites (N-methyl/N-ethyl adjacent to an activating group) is 1. The van der Waals surface area contributed by atoms with Crippen molar-refractivity contribution in [3.8, 4) is 0 Å². The summed E-state index contributed by atoms with van der Waals surface area (Å²) in [5.41, 5.74) is 3.84. The first kappa shape index (κ1) is 27.7. The van der Waals surface area contributed by atoms with E-state index in [0.29, 0.717) is 16.9 Å². The molecular formula is C21H27BrClN3O3S2. The number of thiocarbonyl (C=S) groups is 1. The van der Waals surface area contributed by atoms with E-state index in [1.165, 1.54) is 11.2 Å². The van der Waals surface area contributed by atoms with Crippen molar-refractivity contribution in [2.75, 3.05) is 56.8 Å². The lowest BCUT2D eigenvalue weighted by atomic mass is 10.2. The second-order valence-electron chi connectivity index (χ2n) is 6.47. The molecule has 31 heavy (non-hydrogen) atoms. The maximum Gasteiger partial charge on any atom is 0.151 e. The lowest BCUT2D eigenvalue weighted by Gasteiger charge is -2.34. The molecular weight excluding hydrogens is 522 g/mol. The van der Waals surface area contributed by atoms with Gasteiger partial charge in [0, 0.05) is 71.0 Å². The SMILES string of the molecule is CN1CCN(c2ccc(S(C)=O)cc2Br)CC1.CO.O=Cc1ccc(NC=S)cc1Cl. The average Bonchev–Trinajstić information content (AvgIpc) is 2.77. The van der Waals surface area contributed by atoms with Crippen LogP contribution in [0.2, 0.25) is 5.02 Å². The standard InChI is InChI=1S/C12H17BrN2OS.C8H6ClNOS.CH4O/c1-14-5-7-15(8-6-14)12-4-3-10(17(2)16)9-11(12)13;9-8-3-7(10-5-12)2-1-6(8)4-11;1-2/h3-4,9H,5-8H2,1-2H3;1-5H,(H,10,12);2H,1H3. The fourth-order valence-corrected chi connectivity index (χ4v) is 4.44. The summed E-state index contributed by atoms with van der Waals surface area (Å²) in [7, 11) is 2.23. The van der Waals surface area contributed by atoms with E-state index in [1.807, 2.05) is 12.1 Å². The highest BCUT2D eigenvalue weighted by Crippen LogP contribution is 2.29. The van der Waals surface area contributed by atoms with Gasteiger partial charge in [0.2, 0.25) is 0 Å². The van der Waals surface area contributed by atoms with E-state index < -0.39 is 10.8 Å². The Kier molecular flexibility index (Phi) is 13.1. The third-order valence-electron chi connectivity index (χ3n) is 4.45. The molecule has 0 amide bonds. The number of hydrogen-bond acceptors (Lipinski definition) is 6. The van der Waals surface area contributed by atoms with Crippen molar-refractivity contribution >= 4 is 73.7 Å². The van der Waals surface area contributed by atoms with Crippen molar-refractivity contribution in [2.45, 2.75) is 4.90 Å². The number of aldehydes is 1. The van der Waals surface area contributed by atoms with Crippen LogP contribution in [0.15, 0.2) is 45.8 Å². The molecule has 1 aliphatic heterocycles. The van der Waals surface area contributed by atoms with Crippen molar-refractivity contribution < 1.29 is 14.1 Å².